The molecule has 0 N–H and O–H groups in total. The van der Waals surface area contributed by atoms with Gasteiger partial charge in [-0.15, -0.1) is 0 Å². The number of esters is 1. The van der Waals surface area contributed by atoms with Crippen molar-refractivity contribution >= 4 is 27.4 Å². The summed E-state index contributed by atoms with van der Waals surface area (Å²) >= 11 is 0. The number of hydrogen-bond acceptors (Lipinski definition) is 6. The fraction of sp³-hybridized carbons (Fsp3) is 0.174. The summed E-state index contributed by atoms with van der Waals surface area (Å²) in [6.07, 6.45) is 0.611. The number of fused-ring (bicyclic) bond motifs is 1. The van der Waals surface area contributed by atoms with Crippen LogP contribution in [0, 0.1) is 10.1 Å². The summed E-state index contributed by atoms with van der Waals surface area (Å²) in [5, 5.41) is 10.9. The second-order valence-corrected chi connectivity index (χ2v) is 9.33. The first-order valence-electron chi connectivity index (χ1n) is 9.90. The number of carbonyl (C=O) groups excluding carboxylic acids is 1. The van der Waals surface area contributed by atoms with Crippen molar-refractivity contribution in [3.05, 3.63) is 99.6 Å². The monoisotopic (exact) mass is 452 g/mol. The summed E-state index contributed by atoms with van der Waals surface area (Å²) in [6.45, 7) is 1.67. The third-order valence-corrected chi connectivity index (χ3v) is 7.19. The van der Waals surface area contributed by atoms with E-state index in [2.05, 4.69) is 0 Å². The Morgan fingerprint density at radius 2 is 1.84 bits per heavy atom. The number of nitro groups is 1. The molecule has 9 heteroatoms. The van der Waals surface area contributed by atoms with Crippen molar-refractivity contribution < 1.29 is 22.9 Å². The number of para-hydroxylation sites is 1. The molecule has 0 fully saturated rings. The minimum Gasteiger partial charge on any atom is -0.457 e. The van der Waals surface area contributed by atoms with Crippen molar-refractivity contribution in [1.29, 1.82) is 0 Å². The van der Waals surface area contributed by atoms with Crippen LogP contribution in [0.15, 0.2) is 77.7 Å². The van der Waals surface area contributed by atoms with Gasteiger partial charge in [-0.2, -0.15) is 0 Å². The maximum Gasteiger partial charge on any atom is 0.338 e. The van der Waals surface area contributed by atoms with E-state index in [1.165, 1.54) is 46.8 Å². The number of non-ortho nitro benzene ring substituents is 1. The number of benzene rings is 3. The molecule has 1 heterocycles. The highest BCUT2D eigenvalue weighted by molar-refractivity contribution is 7.92. The largest absolute Gasteiger partial charge is 0.457 e. The number of nitrogens with zero attached hydrogens (tertiary/aromatic N) is 2. The van der Waals surface area contributed by atoms with Crippen LogP contribution in [0.2, 0.25) is 0 Å². The Kier molecular flexibility index (Phi) is 5.67. The Morgan fingerprint density at radius 3 is 2.62 bits per heavy atom. The van der Waals surface area contributed by atoms with Crippen LogP contribution >= 0.6 is 0 Å². The molecule has 0 amide bonds. The van der Waals surface area contributed by atoms with Crippen LogP contribution in [-0.4, -0.2) is 25.4 Å². The zero-order chi connectivity index (χ0) is 22.9. The molecule has 4 rings (SSSR count). The van der Waals surface area contributed by atoms with Crippen LogP contribution in [0.4, 0.5) is 11.4 Å². The Hall–Kier alpha value is -3.72. The minimum absolute atomic E-state index is 0.00847. The topological polar surface area (TPSA) is 107 Å². The molecule has 8 nitrogen and oxygen atoms in total. The number of anilines is 1. The molecule has 3 aromatic carbocycles. The molecule has 32 heavy (non-hydrogen) atoms. The standard InChI is InChI=1S/C23H20N2O6S/c1-16-12-18-7-2-3-11-22(18)24(16)32(29,30)21-10-5-8-19(14-21)23(26)31-15-17-6-4-9-20(13-17)25(27)28/h2-11,13-14,16H,12,15H2,1H3/t16-/m1/s1. The second-order valence-electron chi connectivity index (χ2n) is 7.51. The average molecular weight is 452 g/mol. The summed E-state index contributed by atoms with van der Waals surface area (Å²) in [6, 6.07) is 18.6. The molecule has 0 aromatic heterocycles. The highest BCUT2D eigenvalue weighted by Crippen LogP contribution is 2.36. The van der Waals surface area contributed by atoms with Crippen molar-refractivity contribution in [3.63, 3.8) is 0 Å². The van der Waals surface area contributed by atoms with E-state index < -0.39 is 20.9 Å². The Morgan fingerprint density at radius 1 is 1.09 bits per heavy atom. The van der Waals surface area contributed by atoms with Crippen molar-refractivity contribution in [2.75, 3.05) is 4.31 Å². The van der Waals surface area contributed by atoms with Crippen LogP contribution in [0.3, 0.4) is 0 Å². The fourth-order valence-electron chi connectivity index (χ4n) is 3.79. The van der Waals surface area contributed by atoms with Gasteiger partial charge in [0.1, 0.15) is 6.61 Å². The summed E-state index contributed by atoms with van der Waals surface area (Å²) in [4.78, 5) is 22.9. The lowest BCUT2D eigenvalue weighted by Gasteiger charge is -2.24. The average Bonchev–Trinajstić information content (AvgIpc) is 3.14. The molecule has 1 aliphatic heterocycles. The van der Waals surface area contributed by atoms with Crippen LogP contribution < -0.4 is 4.31 Å². The van der Waals surface area contributed by atoms with Gasteiger partial charge < -0.3 is 4.74 Å². The summed E-state index contributed by atoms with van der Waals surface area (Å²) in [5.74, 6) is -0.719. The van der Waals surface area contributed by atoms with Gasteiger partial charge in [0, 0.05) is 18.2 Å². The zero-order valence-corrected chi connectivity index (χ0v) is 18.0. The maximum absolute atomic E-state index is 13.4. The van der Waals surface area contributed by atoms with Crippen molar-refractivity contribution in [2.24, 2.45) is 0 Å². The molecule has 0 bridgehead atoms. The summed E-state index contributed by atoms with van der Waals surface area (Å²) < 4.78 is 33.4. The molecular weight excluding hydrogens is 432 g/mol. The van der Waals surface area contributed by atoms with Crippen LogP contribution in [0.1, 0.15) is 28.4 Å². The van der Waals surface area contributed by atoms with Gasteiger partial charge in [0.25, 0.3) is 15.7 Å². The molecular formula is C23H20N2O6S. The molecule has 0 saturated heterocycles. The zero-order valence-electron chi connectivity index (χ0n) is 17.2. The van der Waals surface area contributed by atoms with Crippen molar-refractivity contribution in [1.82, 2.24) is 0 Å². The highest BCUT2D eigenvalue weighted by atomic mass is 32.2. The molecule has 0 aliphatic carbocycles. The third kappa shape index (κ3) is 4.06. The van der Waals surface area contributed by atoms with E-state index in [-0.39, 0.29) is 28.8 Å². The first-order valence-corrected chi connectivity index (χ1v) is 11.3. The molecule has 1 atom stereocenters. The minimum atomic E-state index is -3.89. The van der Waals surface area contributed by atoms with Gasteiger partial charge in [0.2, 0.25) is 0 Å². The van der Waals surface area contributed by atoms with E-state index in [0.29, 0.717) is 17.7 Å². The lowest BCUT2D eigenvalue weighted by molar-refractivity contribution is -0.384. The number of carbonyl (C=O) groups is 1. The summed E-state index contributed by atoms with van der Waals surface area (Å²) in [7, 11) is -3.89. The Balaban J connectivity index is 1.55. The third-order valence-electron chi connectivity index (χ3n) is 5.26. The molecule has 0 spiro atoms. The van der Waals surface area contributed by atoms with Gasteiger partial charge in [-0.3, -0.25) is 14.4 Å². The van der Waals surface area contributed by atoms with Crippen LogP contribution in [-0.2, 0) is 27.8 Å². The lowest BCUT2D eigenvalue weighted by atomic mass is 10.1. The predicted octanol–water partition coefficient (Wildman–Crippen LogP) is 4.09. The van der Waals surface area contributed by atoms with Gasteiger partial charge in [-0.1, -0.05) is 36.4 Å². The Bertz CT molecular complexity index is 1310. The van der Waals surface area contributed by atoms with Crippen LogP contribution in [0.5, 0.6) is 0 Å². The Labute approximate surface area is 185 Å². The van der Waals surface area contributed by atoms with E-state index >= 15 is 0 Å². The quantitative estimate of drug-likeness (QED) is 0.317. The van der Waals surface area contributed by atoms with Crippen LogP contribution in [0.25, 0.3) is 0 Å². The molecule has 1 aliphatic rings. The van der Waals surface area contributed by atoms with E-state index in [1.54, 1.807) is 18.2 Å². The smallest absolute Gasteiger partial charge is 0.338 e. The van der Waals surface area contributed by atoms with Gasteiger partial charge in [-0.05, 0) is 48.7 Å². The lowest BCUT2D eigenvalue weighted by Crippen LogP contribution is -2.35. The number of ether oxygens (including phenoxy) is 1. The SMILES string of the molecule is C[C@@H]1Cc2ccccc2N1S(=O)(=O)c1cccc(C(=O)OCc2cccc([N+](=O)[O-])c2)c1. The van der Waals surface area contributed by atoms with Crippen molar-refractivity contribution in [3.8, 4) is 0 Å². The number of nitro benzene ring substituents is 1. The molecule has 164 valence electrons. The van der Waals surface area contributed by atoms with Gasteiger partial charge in [0.05, 0.1) is 21.1 Å². The van der Waals surface area contributed by atoms with Gasteiger partial charge >= 0.3 is 5.97 Å². The first-order chi connectivity index (χ1) is 15.3. The second kappa shape index (κ2) is 8.43. The number of sulfonamides is 1. The fourth-order valence-corrected chi connectivity index (χ4v) is 5.53. The van der Waals surface area contributed by atoms with Gasteiger partial charge in [0.15, 0.2) is 0 Å². The molecule has 0 unspecified atom stereocenters. The number of hydrogen-bond donors (Lipinski definition) is 0. The number of rotatable bonds is 6. The van der Waals surface area contributed by atoms with E-state index in [4.69, 9.17) is 4.74 Å². The van der Waals surface area contributed by atoms with E-state index in [9.17, 15) is 23.3 Å². The predicted molar refractivity (Wildman–Crippen MR) is 118 cm³/mol. The van der Waals surface area contributed by atoms with Gasteiger partial charge in [-0.25, -0.2) is 13.2 Å². The summed E-state index contributed by atoms with van der Waals surface area (Å²) in [5.41, 5.74) is 2.02. The first kappa shape index (κ1) is 21.5. The van der Waals surface area contributed by atoms with E-state index in [1.807, 2.05) is 19.1 Å². The highest BCUT2D eigenvalue weighted by Gasteiger charge is 2.36. The molecule has 0 saturated carbocycles. The van der Waals surface area contributed by atoms with E-state index in [0.717, 1.165) is 5.56 Å². The normalized spacial score (nSPS) is 15.3. The maximum atomic E-state index is 13.4. The molecule has 3 aromatic rings. The van der Waals surface area contributed by atoms with Crippen molar-refractivity contribution in [2.45, 2.75) is 30.9 Å². The molecule has 0 radical (unpaired) electrons.